The van der Waals surface area contributed by atoms with Gasteiger partial charge in [-0.05, 0) is 12.8 Å². The molecule has 1 rings (SSSR count). The molecule has 0 atom stereocenters. The van der Waals surface area contributed by atoms with Crippen LogP contribution >= 0.6 is 0 Å². The van der Waals surface area contributed by atoms with E-state index < -0.39 is 25.6 Å². The Bertz CT molecular complexity index is 500. The van der Waals surface area contributed by atoms with E-state index in [0.29, 0.717) is 0 Å². The number of nitriles is 1. The van der Waals surface area contributed by atoms with E-state index in [1.165, 1.54) is 4.31 Å². The Morgan fingerprint density at radius 2 is 1.82 bits per heavy atom. The van der Waals surface area contributed by atoms with E-state index in [-0.39, 0.29) is 24.8 Å². The summed E-state index contributed by atoms with van der Waals surface area (Å²) >= 11 is 0. The van der Waals surface area contributed by atoms with Crippen LogP contribution in [-0.2, 0) is 19.9 Å². The summed E-state index contributed by atoms with van der Waals surface area (Å²) in [6, 6.07) is 1.87. The van der Waals surface area contributed by atoms with Crippen LogP contribution in [0.1, 0.15) is 19.3 Å². The quantitative estimate of drug-likeness (QED) is 0.640. The molecular weight excluding hydrogens is 264 g/mol. The van der Waals surface area contributed by atoms with Crippen molar-refractivity contribution in [1.82, 2.24) is 4.31 Å². The minimum Gasteiger partial charge on any atom is -0.229 e. The standard InChI is InChI=1S/C9H16N2O4S2/c1-16(12,13)7-8-17(14,15)11(6-2-5-10)9-3-4-9/h9H,2-4,6-8H2,1H3. The first-order chi connectivity index (χ1) is 7.76. The first kappa shape index (κ1) is 14.4. The fourth-order valence-electron chi connectivity index (χ4n) is 1.45. The van der Waals surface area contributed by atoms with Crippen molar-refractivity contribution in [2.45, 2.75) is 25.3 Å². The van der Waals surface area contributed by atoms with Crippen LogP contribution in [0.5, 0.6) is 0 Å². The summed E-state index contributed by atoms with van der Waals surface area (Å²) in [5, 5.41) is 8.47. The molecule has 1 fully saturated rings. The van der Waals surface area contributed by atoms with E-state index in [9.17, 15) is 16.8 Å². The van der Waals surface area contributed by atoms with Gasteiger partial charge in [0.15, 0.2) is 0 Å². The van der Waals surface area contributed by atoms with E-state index in [4.69, 9.17) is 5.26 Å². The molecule has 17 heavy (non-hydrogen) atoms. The Hall–Kier alpha value is -0.650. The Balaban J connectivity index is 2.68. The third-order valence-corrected chi connectivity index (χ3v) is 5.59. The number of rotatable bonds is 7. The van der Waals surface area contributed by atoms with E-state index in [1.807, 2.05) is 6.07 Å². The van der Waals surface area contributed by atoms with Crippen LogP contribution in [0.2, 0.25) is 0 Å². The number of hydrogen-bond donors (Lipinski definition) is 0. The second-order valence-electron chi connectivity index (χ2n) is 4.20. The number of hydrogen-bond acceptors (Lipinski definition) is 5. The van der Waals surface area contributed by atoms with Gasteiger partial charge in [0.25, 0.3) is 0 Å². The number of nitrogens with zero attached hydrogens (tertiary/aromatic N) is 2. The molecule has 1 aliphatic carbocycles. The van der Waals surface area contributed by atoms with Crippen molar-refractivity contribution >= 4 is 19.9 Å². The van der Waals surface area contributed by atoms with Crippen molar-refractivity contribution in [3.8, 4) is 6.07 Å². The van der Waals surface area contributed by atoms with Crippen LogP contribution in [0, 0.1) is 11.3 Å². The molecule has 0 radical (unpaired) electrons. The van der Waals surface area contributed by atoms with E-state index in [0.717, 1.165) is 19.1 Å². The predicted molar refractivity (Wildman–Crippen MR) is 63.5 cm³/mol. The first-order valence-corrected chi connectivity index (χ1v) is 8.97. The molecule has 1 saturated carbocycles. The highest BCUT2D eigenvalue weighted by Gasteiger charge is 2.36. The summed E-state index contributed by atoms with van der Waals surface area (Å²) in [5.74, 6) is -0.765. The van der Waals surface area contributed by atoms with Gasteiger partial charge in [0.05, 0.1) is 17.6 Å². The Labute approximate surface area is 102 Å². The van der Waals surface area contributed by atoms with Gasteiger partial charge < -0.3 is 0 Å². The van der Waals surface area contributed by atoms with Gasteiger partial charge in [-0.1, -0.05) is 0 Å². The summed E-state index contributed by atoms with van der Waals surface area (Å²) in [7, 11) is -6.85. The van der Waals surface area contributed by atoms with Crippen molar-refractivity contribution in [2.75, 3.05) is 24.3 Å². The second-order valence-corrected chi connectivity index (χ2v) is 8.50. The minimum atomic E-state index is -3.56. The molecule has 0 aromatic rings. The number of sulfonamides is 1. The van der Waals surface area contributed by atoms with Gasteiger partial charge in [-0.15, -0.1) is 0 Å². The van der Waals surface area contributed by atoms with Crippen LogP contribution in [0.4, 0.5) is 0 Å². The molecule has 0 N–H and O–H groups in total. The molecule has 8 heteroatoms. The largest absolute Gasteiger partial charge is 0.229 e. The molecule has 0 spiro atoms. The lowest BCUT2D eigenvalue weighted by Crippen LogP contribution is -2.37. The Morgan fingerprint density at radius 1 is 1.24 bits per heavy atom. The second kappa shape index (κ2) is 5.33. The third-order valence-electron chi connectivity index (χ3n) is 2.47. The van der Waals surface area contributed by atoms with Crippen LogP contribution in [0.15, 0.2) is 0 Å². The highest BCUT2D eigenvalue weighted by Crippen LogP contribution is 2.29. The zero-order valence-electron chi connectivity index (χ0n) is 9.66. The van der Waals surface area contributed by atoms with Gasteiger partial charge in [0.2, 0.25) is 10.0 Å². The lowest BCUT2D eigenvalue weighted by molar-refractivity contribution is 0.411. The highest BCUT2D eigenvalue weighted by atomic mass is 32.2. The van der Waals surface area contributed by atoms with Gasteiger partial charge in [0.1, 0.15) is 9.84 Å². The van der Waals surface area contributed by atoms with Gasteiger partial charge in [0, 0.05) is 25.3 Å². The van der Waals surface area contributed by atoms with E-state index in [2.05, 4.69) is 0 Å². The van der Waals surface area contributed by atoms with Gasteiger partial charge in [-0.25, -0.2) is 16.8 Å². The van der Waals surface area contributed by atoms with Crippen molar-refractivity contribution < 1.29 is 16.8 Å². The average Bonchev–Trinajstić information content (AvgIpc) is 2.98. The zero-order chi connectivity index (χ0) is 13.1. The fraction of sp³-hybridized carbons (Fsp3) is 0.889. The van der Waals surface area contributed by atoms with Crippen molar-refractivity contribution in [1.29, 1.82) is 5.26 Å². The molecule has 0 saturated heterocycles. The van der Waals surface area contributed by atoms with Crippen molar-refractivity contribution in [2.24, 2.45) is 0 Å². The summed E-state index contributed by atoms with van der Waals surface area (Å²) in [6.45, 7) is 0.160. The minimum absolute atomic E-state index is 0.0343. The molecule has 0 aliphatic heterocycles. The topological polar surface area (TPSA) is 95.3 Å². The summed E-state index contributed by atoms with van der Waals surface area (Å²) in [6.07, 6.45) is 2.74. The molecule has 0 unspecified atom stereocenters. The average molecular weight is 280 g/mol. The fourth-order valence-corrected chi connectivity index (χ4v) is 4.77. The van der Waals surface area contributed by atoms with Crippen molar-refractivity contribution in [3.63, 3.8) is 0 Å². The molecule has 0 bridgehead atoms. The highest BCUT2D eigenvalue weighted by molar-refractivity contribution is 7.93. The maximum Gasteiger partial charge on any atom is 0.215 e. The maximum absolute atomic E-state index is 11.9. The van der Waals surface area contributed by atoms with E-state index in [1.54, 1.807) is 0 Å². The predicted octanol–water partition coefficient (Wildman–Crippen LogP) is -0.261. The van der Waals surface area contributed by atoms with Crippen LogP contribution in [0.25, 0.3) is 0 Å². The maximum atomic E-state index is 11.9. The SMILES string of the molecule is CS(=O)(=O)CCS(=O)(=O)N(CCC#N)C1CC1. The first-order valence-electron chi connectivity index (χ1n) is 5.30. The molecule has 1 aliphatic rings. The van der Waals surface area contributed by atoms with Crippen LogP contribution < -0.4 is 0 Å². The molecule has 6 nitrogen and oxygen atoms in total. The Morgan fingerprint density at radius 3 is 2.24 bits per heavy atom. The summed E-state index contributed by atoms with van der Waals surface area (Å²) < 4.78 is 47.0. The molecule has 0 aromatic heterocycles. The monoisotopic (exact) mass is 280 g/mol. The summed E-state index contributed by atoms with van der Waals surface area (Å²) in [4.78, 5) is 0. The van der Waals surface area contributed by atoms with Crippen LogP contribution in [-0.4, -0.2) is 51.5 Å². The lowest BCUT2D eigenvalue weighted by Gasteiger charge is -2.20. The smallest absolute Gasteiger partial charge is 0.215 e. The molecule has 0 heterocycles. The molecule has 0 amide bonds. The van der Waals surface area contributed by atoms with Gasteiger partial charge in [-0.3, -0.25) is 0 Å². The normalized spacial score (nSPS) is 17.0. The Kier molecular flexibility index (Phi) is 4.52. The molecule has 0 aromatic carbocycles. The number of sulfone groups is 1. The molecule has 98 valence electrons. The van der Waals surface area contributed by atoms with Gasteiger partial charge in [-0.2, -0.15) is 9.57 Å². The zero-order valence-corrected chi connectivity index (χ0v) is 11.3. The third kappa shape index (κ3) is 5.02. The van der Waals surface area contributed by atoms with Gasteiger partial charge >= 0.3 is 0 Å². The van der Waals surface area contributed by atoms with E-state index >= 15 is 0 Å². The van der Waals surface area contributed by atoms with Crippen LogP contribution in [0.3, 0.4) is 0 Å². The summed E-state index contributed by atoms with van der Waals surface area (Å²) in [5.41, 5.74) is 0. The molecular formula is C9H16N2O4S2. The van der Waals surface area contributed by atoms with Crippen molar-refractivity contribution in [3.05, 3.63) is 0 Å². The lowest BCUT2D eigenvalue weighted by atomic mass is 10.4.